The van der Waals surface area contributed by atoms with Gasteiger partial charge >= 0.3 is 5.69 Å². The lowest BCUT2D eigenvalue weighted by Gasteiger charge is -2.34. The van der Waals surface area contributed by atoms with Crippen molar-refractivity contribution in [1.29, 1.82) is 0 Å². The molecule has 19 heavy (non-hydrogen) atoms. The van der Waals surface area contributed by atoms with Gasteiger partial charge in [0, 0.05) is 5.92 Å². The van der Waals surface area contributed by atoms with Gasteiger partial charge in [-0.05, 0) is 37.0 Å². The van der Waals surface area contributed by atoms with E-state index in [0.717, 1.165) is 12.8 Å². The Labute approximate surface area is 110 Å². The lowest BCUT2D eigenvalue weighted by atomic mass is 9.75. The van der Waals surface area contributed by atoms with E-state index >= 15 is 0 Å². The largest absolute Gasteiger partial charge is 0.472 e. The van der Waals surface area contributed by atoms with E-state index in [1.807, 2.05) is 0 Å². The molecule has 0 amide bonds. The summed E-state index contributed by atoms with van der Waals surface area (Å²) in [7, 11) is 0. The van der Waals surface area contributed by atoms with Crippen LogP contribution < -0.4 is 16.0 Å². The average Bonchev–Trinajstić information content (AvgIpc) is 2.66. The molecule has 2 unspecified atom stereocenters. The fourth-order valence-electron chi connectivity index (χ4n) is 4.45. The number of fused-ring (bicyclic) bond motifs is 4. The Morgan fingerprint density at radius 3 is 2.63 bits per heavy atom. The second kappa shape index (κ2) is 2.97. The molecule has 2 N–H and O–H groups in total. The molecule has 5 heteroatoms. The number of nitrogens with one attached hydrogen (secondary N) is 2. The van der Waals surface area contributed by atoms with Crippen molar-refractivity contribution in [1.82, 2.24) is 9.97 Å². The van der Waals surface area contributed by atoms with Gasteiger partial charge in [0.2, 0.25) is 5.88 Å². The second-order valence-corrected chi connectivity index (χ2v) is 7.09. The average molecular weight is 262 g/mol. The third-order valence-corrected chi connectivity index (χ3v) is 5.77. The Morgan fingerprint density at radius 1 is 1.16 bits per heavy atom. The Balaban J connectivity index is 1.84. The van der Waals surface area contributed by atoms with Crippen molar-refractivity contribution < 1.29 is 4.74 Å². The minimum Gasteiger partial charge on any atom is -0.472 e. The standard InChI is InChI=1S/C14H18N2O3/c1-13(2)6-4-7-9-10(17)15-12(18)16-11(9)19-14(7,3)5-8(6)13/h6-8H,4-5H2,1-3H3,(H2,15,16,17,18)/t6?,7-,8?,14-/m1/s1. The van der Waals surface area contributed by atoms with E-state index in [2.05, 4.69) is 30.7 Å². The van der Waals surface area contributed by atoms with Gasteiger partial charge in [-0.15, -0.1) is 0 Å². The van der Waals surface area contributed by atoms with Crippen molar-refractivity contribution in [3.63, 3.8) is 0 Å². The lowest BCUT2D eigenvalue weighted by Crippen LogP contribution is -2.39. The molecule has 4 rings (SSSR count). The predicted molar refractivity (Wildman–Crippen MR) is 69.5 cm³/mol. The van der Waals surface area contributed by atoms with Gasteiger partial charge < -0.3 is 4.74 Å². The molecule has 0 radical (unpaired) electrons. The molecule has 2 fully saturated rings. The van der Waals surface area contributed by atoms with Crippen LogP contribution in [0, 0.1) is 17.3 Å². The summed E-state index contributed by atoms with van der Waals surface area (Å²) in [5.74, 6) is 1.84. The van der Waals surface area contributed by atoms with E-state index in [1.165, 1.54) is 0 Å². The zero-order valence-electron chi connectivity index (χ0n) is 11.4. The number of aromatic nitrogens is 2. The fourth-order valence-corrected chi connectivity index (χ4v) is 4.45. The molecule has 4 atom stereocenters. The summed E-state index contributed by atoms with van der Waals surface area (Å²) in [5.41, 5.74) is -0.107. The van der Waals surface area contributed by atoms with Gasteiger partial charge in [0.15, 0.2) is 0 Å². The van der Waals surface area contributed by atoms with Gasteiger partial charge in [-0.2, -0.15) is 0 Å². The highest BCUT2D eigenvalue weighted by atomic mass is 16.5. The summed E-state index contributed by atoms with van der Waals surface area (Å²) in [4.78, 5) is 28.4. The van der Waals surface area contributed by atoms with Gasteiger partial charge in [0.05, 0.1) is 5.56 Å². The van der Waals surface area contributed by atoms with Crippen LogP contribution in [0.15, 0.2) is 9.59 Å². The maximum absolute atomic E-state index is 12.1. The minimum absolute atomic E-state index is 0.103. The van der Waals surface area contributed by atoms with Crippen molar-refractivity contribution in [2.75, 3.05) is 0 Å². The number of hydrogen-bond acceptors (Lipinski definition) is 3. The van der Waals surface area contributed by atoms with Gasteiger partial charge in [0.1, 0.15) is 5.60 Å². The van der Waals surface area contributed by atoms with E-state index in [1.54, 1.807) is 0 Å². The molecule has 102 valence electrons. The molecule has 0 spiro atoms. The highest BCUT2D eigenvalue weighted by Crippen LogP contribution is 2.70. The minimum atomic E-state index is -0.489. The SMILES string of the molecule is CC1(C)C2C[C@@H]3c4c([nH]c(=O)[nH]c4=O)O[C@]3(C)CC21. The van der Waals surface area contributed by atoms with Crippen LogP contribution in [0.5, 0.6) is 5.88 Å². The predicted octanol–water partition coefficient (Wildman–Crippen LogP) is 1.36. The lowest BCUT2D eigenvalue weighted by molar-refractivity contribution is 0.0463. The molecular weight excluding hydrogens is 244 g/mol. The van der Waals surface area contributed by atoms with Gasteiger partial charge in [-0.1, -0.05) is 13.8 Å². The van der Waals surface area contributed by atoms with Crippen LogP contribution in [-0.4, -0.2) is 15.6 Å². The molecule has 2 saturated carbocycles. The van der Waals surface area contributed by atoms with Crippen LogP contribution in [0.3, 0.4) is 0 Å². The van der Waals surface area contributed by atoms with E-state index < -0.39 is 5.69 Å². The van der Waals surface area contributed by atoms with E-state index in [0.29, 0.717) is 28.7 Å². The maximum Gasteiger partial charge on any atom is 0.328 e. The molecule has 1 aromatic heterocycles. The van der Waals surface area contributed by atoms with Crippen LogP contribution in [0.4, 0.5) is 0 Å². The van der Waals surface area contributed by atoms with Gasteiger partial charge in [0.25, 0.3) is 5.56 Å². The van der Waals surface area contributed by atoms with Crippen molar-refractivity contribution in [2.45, 2.75) is 45.1 Å². The quantitative estimate of drug-likeness (QED) is 0.741. The third-order valence-electron chi connectivity index (χ3n) is 5.77. The summed E-state index contributed by atoms with van der Waals surface area (Å²) >= 11 is 0. The molecule has 2 heterocycles. The van der Waals surface area contributed by atoms with Crippen molar-refractivity contribution in [3.05, 3.63) is 26.4 Å². The van der Waals surface area contributed by atoms with Gasteiger partial charge in [-0.25, -0.2) is 4.79 Å². The number of rotatable bonds is 0. The van der Waals surface area contributed by atoms with Gasteiger partial charge in [-0.3, -0.25) is 14.8 Å². The van der Waals surface area contributed by atoms with E-state index in [4.69, 9.17) is 4.74 Å². The molecule has 3 aliphatic rings. The first-order valence-electron chi connectivity index (χ1n) is 6.88. The van der Waals surface area contributed by atoms with Crippen molar-refractivity contribution >= 4 is 0 Å². The fraction of sp³-hybridized carbons (Fsp3) is 0.714. The number of H-pyrrole nitrogens is 2. The molecular formula is C14H18N2O3. The monoisotopic (exact) mass is 262 g/mol. The summed E-state index contributed by atoms with van der Waals surface area (Å²) in [6.45, 7) is 6.66. The summed E-state index contributed by atoms with van der Waals surface area (Å²) < 4.78 is 5.97. The normalized spacial score (nSPS) is 40.9. The number of aromatic amines is 2. The first kappa shape index (κ1) is 11.3. The topological polar surface area (TPSA) is 75.0 Å². The van der Waals surface area contributed by atoms with Crippen molar-refractivity contribution in [2.24, 2.45) is 17.3 Å². The maximum atomic E-state index is 12.1. The number of hydrogen-bond donors (Lipinski definition) is 2. The van der Waals surface area contributed by atoms with E-state index in [-0.39, 0.29) is 17.1 Å². The van der Waals surface area contributed by atoms with Crippen LogP contribution >= 0.6 is 0 Å². The first-order valence-corrected chi connectivity index (χ1v) is 6.88. The Bertz CT molecular complexity index is 687. The van der Waals surface area contributed by atoms with Crippen LogP contribution in [-0.2, 0) is 0 Å². The Kier molecular flexibility index (Phi) is 1.77. The molecule has 5 nitrogen and oxygen atoms in total. The summed E-state index contributed by atoms with van der Waals surface area (Å²) in [5, 5.41) is 0. The zero-order valence-corrected chi connectivity index (χ0v) is 11.4. The second-order valence-electron chi connectivity index (χ2n) is 7.09. The zero-order chi connectivity index (χ0) is 13.6. The Morgan fingerprint density at radius 2 is 1.89 bits per heavy atom. The third kappa shape index (κ3) is 1.25. The Hall–Kier alpha value is -1.52. The summed E-state index contributed by atoms with van der Waals surface area (Å²) in [6, 6.07) is 0. The van der Waals surface area contributed by atoms with Crippen LogP contribution in [0.25, 0.3) is 0 Å². The number of ether oxygens (including phenoxy) is 1. The molecule has 1 aromatic rings. The van der Waals surface area contributed by atoms with Crippen molar-refractivity contribution in [3.8, 4) is 5.88 Å². The molecule has 2 aliphatic carbocycles. The summed E-state index contributed by atoms with van der Waals surface area (Å²) in [6.07, 6.45) is 1.95. The molecule has 0 bridgehead atoms. The highest BCUT2D eigenvalue weighted by Gasteiger charge is 2.67. The van der Waals surface area contributed by atoms with Crippen LogP contribution in [0.1, 0.15) is 45.1 Å². The molecule has 0 aromatic carbocycles. The first-order chi connectivity index (χ1) is 8.83. The molecule has 0 saturated heterocycles. The van der Waals surface area contributed by atoms with Crippen LogP contribution in [0.2, 0.25) is 0 Å². The smallest absolute Gasteiger partial charge is 0.328 e. The highest BCUT2D eigenvalue weighted by molar-refractivity contribution is 5.38. The van der Waals surface area contributed by atoms with E-state index in [9.17, 15) is 9.59 Å². The molecule has 1 aliphatic heterocycles.